The highest BCUT2D eigenvalue weighted by atomic mass is 19.1. The van der Waals surface area contributed by atoms with Crippen LogP contribution in [0.2, 0.25) is 0 Å². The van der Waals surface area contributed by atoms with Gasteiger partial charge in [0.15, 0.2) is 5.82 Å². The first kappa shape index (κ1) is 27.7. The average Bonchev–Trinajstić information content (AvgIpc) is 3.49. The summed E-state index contributed by atoms with van der Waals surface area (Å²) in [5, 5.41) is 11.1. The maximum absolute atomic E-state index is 16.7. The van der Waals surface area contributed by atoms with Gasteiger partial charge in [-0.05, 0) is 37.8 Å². The summed E-state index contributed by atoms with van der Waals surface area (Å²) in [5.74, 6) is 1.44. The number of terminal acetylenes is 1. The first-order chi connectivity index (χ1) is 20.8. The highest BCUT2D eigenvalue weighted by molar-refractivity contribution is 6.03. The zero-order chi connectivity index (χ0) is 29.9. The van der Waals surface area contributed by atoms with Crippen LogP contribution >= 0.6 is 0 Å². The van der Waals surface area contributed by atoms with E-state index in [1.54, 1.807) is 24.3 Å². The van der Waals surface area contributed by atoms with E-state index in [2.05, 4.69) is 25.8 Å². The summed E-state index contributed by atoms with van der Waals surface area (Å²) in [6, 6.07) is 7.64. The van der Waals surface area contributed by atoms with Crippen molar-refractivity contribution in [3.63, 3.8) is 0 Å². The Labute approximate surface area is 246 Å². The molecule has 1 N–H and O–H groups in total. The lowest BCUT2D eigenvalue weighted by Crippen LogP contribution is -2.43. The van der Waals surface area contributed by atoms with Crippen LogP contribution < -0.4 is 14.4 Å². The molecule has 43 heavy (non-hydrogen) atoms. The van der Waals surface area contributed by atoms with Crippen LogP contribution in [0.4, 0.5) is 19.0 Å². The summed E-state index contributed by atoms with van der Waals surface area (Å²) in [7, 11) is 0. The van der Waals surface area contributed by atoms with E-state index in [9.17, 15) is 13.9 Å². The third-order valence-corrected chi connectivity index (χ3v) is 8.94. The van der Waals surface area contributed by atoms with Gasteiger partial charge in [-0.25, -0.2) is 18.2 Å². The standard InChI is InChI=1S/C32H30F3N5O3/c1-3-21-23(34)9-8-19-6-4-7-22(24(19)21)27-26(35)28-25-29(40(12-13-41)18(2)16-42-30(25)36-27)38-31(37-28)43-17-32-10-5-11-39(32)15-20(33)14-32/h1,4,6-9,18,20,41H,5,10-17H2,2H3/t18-,20+,32-/m0/s1. The molecule has 0 unspecified atom stereocenters. The van der Waals surface area contributed by atoms with Gasteiger partial charge in [0.1, 0.15) is 47.6 Å². The van der Waals surface area contributed by atoms with Crippen molar-refractivity contribution in [2.45, 2.75) is 43.9 Å². The Bertz CT molecular complexity index is 1800. The number of β-amino-alcohol motifs (C(OH)–C–C–N with tert-alkyl or cyclic N) is 1. The van der Waals surface area contributed by atoms with E-state index in [-0.39, 0.29) is 72.0 Å². The number of pyridine rings is 1. The molecule has 222 valence electrons. The van der Waals surface area contributed by atoms with Gasteiger partial charge < -0.3 is 19.5 Å². The quantitative estimate of drug-likeness (QED) is 0.326. The van der Waals surface area contributed by atoms with Gasteiger partial charge in [-0.3, -0.25) is 4.90 Å². The summed E-state index contributed by atoms with van der Waals surface area (Å²) >= 11 is 0. The van der Waals surface area contributed by atoms with E-state index in [0.717, 1.165) is 19.4 Å². The number of anilines is 1. The normalized spacial score (nSPS) is 23.3. The van der Waals surface area contributed by atoms with Crippen LogP contribution in [0.5, 0.6) is 11.9 Å². The van der Waals surface area contributed by atoms with Gasteiger partial charge in [0.05, 0.1) is 23.8 Å². The van der Waals surface area contributed by atoms with E-state index in [1.165, 1.54) is 6.07 Å². The predicted molar refractivity (Wildman–Crippen MR) is 156 cm³/mol. The van der Waals surface area contributed by atoms with Crippen LogP contribution in [-0.2, 0) is 0 Å². The van der Waals surface area contributed by atoms with E-state index in [4.69, 9.17) is 15.9 Å². The van der Waals surface area contributed by atoms with Crippen LogP contribution in [0.25, 0.3) is 32.9 Å². The molecule has 0 spiro atoms. The topological polar surface area (TPSA) is 83.8 Å². The van der Waals surface area contributed by atoms with Gasteiger partial charge in [0.2, 0.25) is 5.88 Å². The van der Waals surface area contributed by atoms with E-state index in [1.807, 2.05) is 11.8 Å². The van der Waals surface area contributed by atoms with Crippen molar-refractivity contribution in [2.75, 3.05) is 44.4 Å². The number of benzene rings is 2. The number of aliphatic hydroxyl groups is 1. The lowest BCUT2D eigenvalue weighted by molar-refractivity contribution is 0.107. The Kier molecular flexibility index (Phi) is 6.78. The Hall–Kier alpha value is -4.14. The van der Waals surface area contributed by atoms with Crippen LogP contribution in [0.3, 0.4) is 0 Å². The molecule has 2 saturated heterocycles. The number of hydrogen-bond donors (Lipinski definition) is 1. The second-order valence-corrected chi connectivity index (χ2v) is 11.5. The maximum atomic E-state index is 16.7. The van der Waals surface area contributed by atoms with Crippen molar-refractivity contribution in [1.82, 2.24) is 19.9 Å². The number of halogens is 3. The molecule has 0 bridgehead atoms. The first-order valence-electron chi connectivity index (χ1n) is 14.4. The Morgan fingerprint density at radius 2 is 2.05 bits per heavy atom. The Morgan fingerprint density at radius 3 is 2.86 bits per heavy atom. The van der Waals surface area contributed by atoms with Crippen molar-refractivity contribution in [1.29, 1.82) is 0 Å². The summed E-state index contributed by atoms with van der Waals surface area (Å²) in [5.41, 5.74) is -0.371. The number of aromatic nitrogens is 3. The van der Waals surface area contributed by atoms with Crippen molar-refractivity contribution >= 4 is 27.5 Å². The number of fused-ring (bicyclic) bond motifs is 2. The summed E-state index contributed by atoms with van der Waals surface area (Å²) in [6.07, 6.45) is 6.84. The van der Waals surface area contributed by atoms with E-state index in [0.29, 0.717) is 29.6 Å². The molecule has 3 atom stereocenters. The van der Waals surface area contributed by atoms with Crippen molar-refractivity contribution in [3.8, 4) is 35.5 Å². The molecule has 0 amide bonds. The number of alkyl halides is 1. The summed E-state index contributed by atoms with van der Waals surface area (Å²) in [4.78, 5) is 17.7. The van der Waals surface area contributed by atoms with Crippen LogP contribution in [0, 0.1) is 24.0 Å². The second kappa shape index (κ2) is 10.5. The minimum absolute atomic E-state index is 0.000529. The highest BCUT2D eigenvalue weighted by Crippen LogP contribution is 2.43. The number of rotatable bonds is 6. The van der Waals surface area contributed by atoms with Crippen LogP contribution in [0.15, 0.2) is 30.3 Å². The predicted octanol–water partition coefficient (Wildman–Crippen LogP) is 4.64. The maximum Gasteiger partial charge on any atom is 0.319 e. The monoisotopic (exact) mass is 589 g/mol. The third-order valence-electron chi connectivity index (χ3n) is 8.94. The third kappa shape index (κ3) is 4.43. The molecule has 8 nitrogen and oxygen atoms in total. The van der Waals surface area contributed by atoms with Gasteiger partial charge in [-0.15, -0.1) is 6.42 Å². The smallest absolute Gasteiger partial charge is 0.319 e. The number of ether oxygens (including phenoxy) is 2. The fourth-order valence-corrected chi connectivity index (χ4v) is 6.93. The molecular formula is C32H30F3N5O3. The lowest BCUT2D eigenvalue weighted by atomic mass is 9.95. The van der Waals surface area contributed by atoms with Crippen molar-refractivity contribution < 1.29 is 27.8 Å². The van der Waals surface area contributed by atoms with E-state index >= 15 is 4.39 Å². The number of hydrogen-bond acceptors (Lipinski definition) is 8. The van der Waals surface area contributed by atoms with Crippen molar-refractivity contribution in [2.24, 2.45) is 0 Å². The van der Waals surface area contributed by atoms with E-state index < -0.39 is 23.3 Å². The Morgan fingerprint density at radius 1 is 1.19 bits per heavy atom. The molecule has 0 radical (unpaired) electrons. The molecule has 0 saturated carbocycles. The molecule has 5 heterocycles. The SMILES string of the molecule is C#Cc1c(F)ccc2cccc(-c3nc4c5c(nc(OC[C@@]67CCCN6C[C@H](F)C7)nc5c3F)N(CCO)[C@@H](C)CO4)c12. The number of nitrogens with zero attached hydrogens (tertiary/aromatic N) is 5. The Balaban J connectivity index is 1.43. The average molecular weight is 590 g/mol. The van der Waals surface area contributed by atoms with Gasteiger partial charge in [0, 0.05) is 30.5 Å². The van der Waals surface area contributed by atoms with Gasteiger partial charge in [-0.2, -0.15) is 9.97 Å². The number of aliphatic hydroxyl groups excluding tert-OH is 1. The lowest BCUT2D eigenvalue weighted by Gasteiger charge is -2.31. The summed E-state index contributed by atoms with van der Waals surface area (Å²) < 4.78 is 58.2. The first-order valence-corrected chi connectivity index (χ1v) is 14.4. The zero-order valence-corrected chi connectivity index (χ0v) is 23.6. The fourth-order valence-electron chi connectivity index (χ4n) is 6.93. The molecular weight excluding hydrogens is 559 g/mol. The van der Waals surface area contributed by atoms with Gasteiger partial charge >= 0.3 is 6.01 Å². The largest absolute Gasteiger partial charge is 0.475 e. The minimum atomic E-state index is -0.934. The second-order valence-electron chi connectivity index (χ2n) is 11.5. The highest BCUT2D eigenvalue weighted by Gasteiger charge is 2.49. The van der Waals surface area contributed by atoms with Crippen LogP contribution in [-0.4, -0.2) is 82.2 Å². The molecule has 3 aliphatic heterocycles. The molecule has 2 aromatic heterocycles. The van der Waals surface area contributed by atoms with Crippen molar-refractivity contribution in [3.05, 3.63) is 47.5 Å². The fraction of sp³-hybridized carbons (Fsp3) is 0.406. The molecule has 7 rings (SSSR count). The van der Waals surface area contributed by atoms with Gasteiger partial charge in [0.25, 0.3) is 0 Å². The molecule has 0 aliphatic carbocycles. The van der Waals surface area contributed by atoms with Crippen LogP contribution in [0.1, 0.15) is 31.7 Å². The molecule has 2 aromatic carbocycles. The zero-order valence-electron chi connectivity index (χ0n) is 23.6. The molecule has 4 aromatic rings. The molecule has 11 heteroatoms. The molecule has 2 fully saturated rings. The summed E-state index contributed by atoms with van der Waals surface area (Å²) in [6.45, 7) is 3.42. The molecule has 3 aliphatic rings. The minimum Gasteiger partial charge on any atom is -0.475 e. The van der Waals surface area contributed by atoms with Gasteiger partial charge in [-0.1, -0.05) is 30.2 Å².